The molecular formula is C10H11ClN2O4. The van der Waals surface area contributed by atoms with Crippen molar-refractivity contribution in [3.63, 3.8) is 0 Å². The molecule has 0 atom stereocenters. The van der Waals surface area contributed by atoms with Crippen molar-refractivity contribution in [3.05, 3.63) is 32.8 Å². The molecule has 0 aliphatic rings. The van der Waals surface area contributed by atoms with Gasteiger partial charge in [-0.3, -0.25) is 14.9 Å². The van der Waals surface area contributed by atoms with E-state index in [4.69, 9.17) is 22.1 Å². The molecule has 1 aromatic rings. The Kier molecular flexibility index (Phi) is 4.28. The molecule has 0 spiro atoms. The third-order valence-electron chi connectivity index (χ3n) is 2.03. The second-order valence-corrected chi connectivity index (χ2v) is 3.65. The molecule has 0 amide bonds. The van der Waals surface area contributed by atoms with Gasteiger partial charge in [-0.15, -0.1) is 0 Å². The first kappa shape index (κ1) is 13.2. The number of nitro benzene ring substituents is 1. The first-order chi connectivity index (χ1) is 7.95. The number of benzene rings is 1. The zero-order chi connectivity index (χ0) is 13.0. The number of anilines is 1. The Balaban J connectivity index is 2.99. The maximum atomic E-state index is 11.2. The minimum absolute atomic E-state index is 0.0290. The third-order valence-corrected chi connectivity index (χ3v) is 2.38. The van der Waals surface area contributed by atoms with Crippen LogP contribution in [0.2, 0.25) is 5.02 Å². The summed E-state index contributed by atoms with van der Waals surface area (Å²) in [5, 5.41) is 10.7. The number of nitrogens with zero attached hydrogens (tertiary/aromatic N) is 1. The number of esters is 1. The fourth-order valence-electron chi connectivity index (χ4n) is 1.29. The van der Waals surface area contributed by atoms with Crippen molar-refractivity contribution in [2.75, 3.05) is 12.3 Å². The van der Waals surface area contributed by atoms with Crippen LogP contribution >= 0.6 is 11.6 Å². The first-order valence-corrected chi connectivity index (χ1v) is 5.21. The van der Waals surface area contributed by atoms with Crippen molar-refractivity contribution >= 4 is 28.9 Å². The van der Waals surface area contributed by atoms with E-state index in [9.17, 15) is 14.9 Å². The van der Waals surface area contributed by atoms with Gasteiger partial charge in [-0.05, 0) is 18.6 Å². The molecular weight excluding hydrogens is 248 g/mol. The molecule has 0 radical (unpaired) electrons. The molecule has 0 saturated heterocycles. The van der Waals surface area contributed by atoms with Crippen LogP contribution in [0.5, 0.6) is 0 Å². The van der Waals surface area contributed by atoms with Gasteiger partial charge in [-0.2, -0.15) is 0 Å². The zero-order valence-electron chi connectivity index (χ0n) is 9.10. The molecule has 0 fully saturated rings. The van der Waals surface area contributed by atoms with Crippen molar-refractivity contribution in [3.8, 4) is 0 Å². The Morgan fingerprint density at radius 2 is 2.24 bits per heavy atom. The molecule has 0 aliphatic carbocycles. The lowest BCUT2D eigenvalue weighted by molar-refractivity contribution is -0.383. The predicted octanol–water partition coefficient (Wildman–Crippen LogP) is 1.94. The summed E-state index contributed by atoms with van der Waals surface area (Å²) in [6.07, 6.45) is -0.0606. The van der Waals surface area contributed by atoms with Crippen LogP contribution in [0, 0.1) is 10.1 Å². The highest BCUT2D eigenvalue weighted by molar-refractivity contribution is 6.31. The summed E-state index contributed by atoms with van der Waals surface area (Å²) >= 11 is 5.82. The van der Waals surface area contributed by atoms with Crippen LogP contribution in [0.25, 0.3) is 0 Å². The summed E-state index contributed by atoms with van der Waals surface area (Å²) in [7, 11) is 0. The fraction of sp³-hybridized carbons (Fsp3) is 0.300. The summed E-state index contributed by atoms with van der Waals surface area (Å²) in [5.41, 5.74) is 5.59. The van der Waals surface area contributed by atoms with Crippen LogP contribution < -0.4 is 5.73 Å². The van der Waals surface area contributed by atoms with E-state index in [0.717, 1.165) is 6.07 Å². The van der Waals surface area contributed by atoms with E-state index in [0.29, 0.717) is 5.56 Å². The maximum Gasteiger partial charge on any atom is 0.310 e. The molecule has 0 unspecified atom stereocenters. The highest BCUT2D eigenvalue weighted by atomic mass is 35.5. The SMILES string of the molecule is CCOC(=O)Cc1cc(N)c([N+](=O)[O-])cc1Cl. The molecule has 17 heavy (non-hydrogen) atoms. The zero-order valence-corrected chi connectivity index (χ0v) is 9.86. The second-order valence-electron chi connectivity index (χ2n) is 3.24. The molecule has 7 heteroatoms. The van der Waals surface area contributed by atoms with Crippen LogP contribution in [-0.2, 0) is 16.0 Å². The van der Waals surface area contributed by atoms with Gasteiger partial charge in [0.2, 0.25) is 0 Å². The third kappa shape index (κ3) is 3.32. The van der Waals surface area contributed by atoms with E-state index in [1.165, 1.54) is 6.07 Å². The Labute approximate surface area is 102 Å². The summed E-state index contributed by atoms with van der Waals surface area (Å²) < 4.78 is 4.75. The summed E-state index contributed by atoms with van der Waals surface area (Å²) in [6.45, 7) is 1.95. The van der Waals surface area contributed by atoms with E-state index in [1.54, 1.807) is 6.92 Å². The predicted molar refractivity (Wildman–Crippen MR) is 62.9 cm³/mol. The Bertz CT molecular complexity index is 462. The molecule has 1 aromatic carbocycles. The van der Waals surface area contributed by atoms with E-state index in [1.807, 2.05) is 0 Å². The normalized spacial score (nSPS) is 10.0. The lowest BCUT2D eigenvalue weighted by Crippen LogP contribution is -2.08. The lowest BCUT2D eigenvalue weighted by Gasteiger charge is -2.06. The van der Waals surface area contributed by atoms with Crippen LogP contribution in [0.4, 0.5) is 11.4 Å². The Hall–Kier alpha value is -1.82. The van der Waals surface area contributed by atoms with Gasteiger partial charge in [0.05, 0.1) is 23.0 Å². The number of halogens is 1. The monoisotopic (exact) mass is 258 g/mol. The number of nitro groups is 1. The Morgan fingerprint density at radius 1 is 1.59 bits per heavy atom. The van der Waals surface area contributed by atoms with Gasteiger partial charge < -0.3 is 10.5 Å². The van der Waals surface area contributed by atoms with Crippen molar-refractivity contribution < 1.29 is 14.5 Å². The van der Waals surface area contributed by atoms with Crippen molar-refractivity contribution in [1.29, 1.82) is 0 Å². The van der Waals surface area contributed by atoms with Crippen LogP contribution in [0.3, 0.4) is 0 Å². The largest absolute Gasteiger partial charge is 0.466 e. The number of hydrogen-bond donors (Lipinski definition) is 1. The number of ether oxygens (including phenoxy) is 1. The van der Waals surface area contributed by atoms with Crippen LogP contribution in [-0.4, -0.2) is 17.5 Å². The van der Waals surface area contributed by atoms with Crippen molar-refractivity contribution in [1.82, 2.24) is 0 Å². The second kappa shape index (κ2) is 5.49. The van der Waals surface area contributed by atoms with E-state index in [2.05, 4.69) is 0 Å². The maximum absolute atomic E-state index is 11.2. The van der Waals surface area contributed by atoms with Crippen LogP contribution in [0.1, 0.15) is 12.5 Å². The Morgan fingerprint density at radius 3 is 2.76 bits per heavy atom. The summed E-state index contributed by atoms with van der Waals surface area (Å²) in [4.78, 5) is 21.2. The molecule has 6 nitrogen and oxygen atoms in total. The molecule has 0 aliphatic heterocycles. The number of rotatable bonds is 4. The number of nitrogen functional groups attached to an aromatic ring is 1. The highest BCUT2D eigenvalue weighted by Crippen LogP contribution is 2.29. The number of hydrogen-bond acceptors (Lipinski definition) is 5. The highest BCUT2D eigenvalue weighted by Gasteiger charge is 2.17. The minimum Gasteiger partial charge on any atom is -0.466 e. The molecule has 2 N–H and O–H groups in total. The average molecular weight is 259 g/mol. The standard InChI is InChI=1S/C10H11ClN2O4/c1-2-17-10(14)4-6-3-8(12)9(13(15)16)5-7(6)11/h3,5H,2,4,12H2,1H3. The van der Waals surface area contributed by atoms with Gasteiger partial charge in [-0.1, -0.05) is 11.6 Å². The molecule has 0 aromatic heterocycles. The van der Waals surface area contributed by atoms with Crippen molar-refractivity contribution in [2.45, 2.75) is 13.3 Å². The van der Waals surface area contributed by atoms with E-state index >= 15 is 0 Å². The minimum atomic E-state index is -0.630. The summed E-state index contributed by atoms with van der Waals surface area (Å²) in [6, 6.07) is 2.45. The average Bonchev–Trinajstić information content (AvgIpc) is 2.22. The van der Waals surface area contributed by atoms with Gasteiger partial charge in [0.15, 0.2) is 0 Å². The van der Waals surface area contributed by atoms with Gasteiger partial charge in [0, 0.05) is 6.07 Å². The van der Waals surface area contributed by atoms with Crippen molar-refractivity contribution in [2.24, 2.45) is 0 Å². The number of carbonyl (C=O) groups is 1. The van der Waals surface area contributed by atoms with Gasteiger partial charge >= 0.3 is 5.97 Å². The van der Waals surface area contributed by atoms with Crippen LogP contribution in [0.15, 0.2) is 12.1 Å². The quantitative estimate of drug-likeness (QED) is 0.385. The fourth-order valence-corrected chi connectivity index (χ4v) is 1.51. The molecule has 0 bridgehead atoms. The van der Waals surface area contributed by atoms with E-state index < -0.39 is 10.9 Å². The van der Waals surface area contributed by atoms with Gasteiger partial charge in [0.1, 0.15) is 5.69 Å². The smallest absolute Gasteiger partial charge is 0.310 e. The van der Waals surface area contributed by atoms with Gasteiger partial charge in [0.25, 0.3) is 5.69 Å². The van der Waals surface area contributed by atoms with Gasteiger partial charge in [-0.25, -0.2) is 0 Å². The molecule has 92 valence electrons. The van der Waals surface area contributed by atoms with E-state index in [-0.39, 0.29) is 29.4 Å². The number of nitrogens with two attached hydrogens (primary N) is 1. The topological polar surface area (TPSA) is 95.5 Å². The molecule has 0 saturated carbocycles. The summed E-state index contributed by atoms with van der Waals surface area (Å²) in [5.74, 6) is -0.456. The lowest BCUT2D eigenvalue weighted by atomic mass is 10.1. The molecule has 1 rings (SSSR count). The molecule has 0 heterocycles. The number of carbonyl (C=O) groups excluding carboxylic acids is 1. The first-order valence-electron chi connectivity index (χ1n) is 4.83.